The van der Waals surface area contributed by atoms with Crippen molar-refractivity contribution < 1.29 is 10.2 Å². The molecule has 2 N–H and O–H groups in total. The van der Waals surface area contributed by atoms with Crippen LogP contribution in [0.2, 0.25) is 0 Å². The first-order chi connectivity index (χ1) is 7.47. The molecule has 90 valence electrons. The van der Waals surface area contributed by atoms with Crippen molar-refractivity contribution in [3.63, 3.8) is 0 Å². The van der Waals surface area contributed by atoms with Gasteiger partial charge >= 0.3 is 0 Å². The maximum Gasteiger partial charge on any atom is 0.223 e. The van der Waals surface area contributed by atoms with Crippen LogP contribution < -0.4 is 5.43 Å². The largest absolute Gasteiger partial charge is 0.503 e. The Labute approximate surface area is 94.6 Å². The number of hydrogen-bond donors (Lipinski definition) is 2. The van der Waals surface area contributed by atoms with E-state index in [1.165, 1.54) is 6.07 Å². The maximum atomic E-state index is 11.5. The van der Waals surface area contributed by atoms with E-state index in [1.54, 1.807) is 11.5 Å². The summed E-state index contributed by atoms with van der Waals surface area (Å²) in [5, 5.41) is 18.7. The fourth-order valence-electron chi connectivity index (χ4n) is 1.69. The van der Waals surface area contributed by atoms with Gasteiger partial charge in [-0.05, 0) is 21.0 Å². The molecular formula is C11H18N2O3. The second kappa shape index (κ2) is 5.14. The van der Waals surface area contributed by atoms with Crippen LogP contribution in [0.15, 0.2) is 10.9 Å². The smallest absolute Gasteiger partial charge is 0.223 e. The van der Waals surface area contributed by atoms with Crippen molar-refractivity contribution in [2.75, 3.05) is 20.7 Å². The van der Waals surface area contributed by atoms with Crippen LogP contribution in [0.3, 0.4) is 0 Å². The van der Waals surface area contributed by atoms with E-state index >= 15 is 0 Å². The number of aliphatic hydroxyl groups excluding tert-OH is 1. The number of pyridine rings is 1. The molecule has 0 radical (unpaired) electrons. The van der Waals surface area contributed by atoms with Gasteiger partial charge in [0.2, 0.25) is 5.43 Å². The maximum absolute atomic E-state index is 11.5. The third kappa shape index (κ3) is 2.62. The Morgan fingerprint density at radius 2 is 2.06 bits per heavy atom. The quantitative estimate of drug-likeness (QED) is 0.753. The van der Waals surface area contributed by atoms with E-state index in [4.69, 9.17) is 5.11 Å². The highest BCUT2D eigenvalue weighted by Crippen LogP contribution is 2.15. The van der Waals surface area contributed by atoms with Gasteiger partial charge < -0.3 is 19.7 Å². The van der Waals surface area contributed by atoms with E-state index in [-0.39, 0.29) is 17.8 Å². The molecule has 0 aliphatic rings. The van der Waals surface area contributed by atoms with Gasteiger partial charge in [0, 0.05) is 24.8 Å². The SMILES string of the molecule is Cc1cc(=O)c(O)c(CN(C)C)n1CCO. The molecule has 0 aliphatic carbocycles. The monoisotopic (exact) mass is 226 g/mol. The molecule has 0 fully saturated rings. The standard InChI is InChI=1S/C11H18N2O3/c1-8-6-10(15)11(16)9(7-12(2)3)13(8)4-5-14/h6,14,16H,4-5,7H2,1-3H3. The second-order valence-corrected chi connectivity index (χ2v) is 4.06. The van der Waals surface area contributed by atoms with Crippen LogP contribution in [0.1, 0.15) is 11.4 Å². The summed E-state index contributed by atoms with van der Waals surface area (Å²) in [6, 6.07) is 1.38. The molecule has 16 heavy (non-hydrogen) atoms. The van der Waals surface area contributed by atoms with Crippen LogP contribution in [-0.2, 0) is 13.1 Å². The summed E-state index contributed by atoms with van der Waals surface area (Å²) in [4.78, 5) is 13.3. The molecule has 0 spiro atoms. The van der Waals surface area contributed by atoms with Crippen molar-refractivity contribution in [3.8, 4) is 5.75 Å². The van der Waals surface area contributed by atoms with Gasteiger partial charge in [-0.15, -0.1) is 0 Å². The molecule has 0 saturated carbocycles. The Morgan fingerprint density at radius 3 is 2.56 bits per heavy atom. The Kier molecular flexibility index (Phi) is 4.09. The molecule has 0 unspecified atom stereocenters. The van der Waals surface area contributed by atoms with Gasteiger partial charge in [0.1, 0.15) is 0 Å². The first kappa shape index (κ1) is 12.7. The number of rotatable bonds is 4. The van der Waals surface area contributed by atoms with Crippen molar-refractivity contribution in [1.82, 2.24) is 9.47 Å². The van der Waals surface area contributed by atoms with Gasteiger partial charge in [-0.2, -0.15) is 0 Å². The average Bonchev–Trinajstić information content (AvgIpc) is 2.19. The zero-order valence-electron chi connectivity index (χ0n) is 9.90. The lowest BCUT2D eigenvalue weighted by Gasteiger charge is -2.19. The molecule has 0 amide bonds. The minimum absolute atomic E-state index is 0.0242. The van der Waals surface area contributed by atoms with E-state index in [0.717, 1.165) is 5.69 Å². The highest BCUT2D eigenvalue weighted by Gasteiger charge is 2.13. The third-order valence-corrected chi connectivity index (χ3v) is 2.39. The average molecular weight is 226 g/mol. The molecule has 5 nitrogen and oxygen atoms in total. The van der Waals surface area contributed by atoms with Gasteiger partial charge in [0.15, 0.2) is 5.75 Å². The summed E-state index contributed by atoms with van der Waals surface area (Å²) in [7, 11) is 3.71. The van der Waals surface area contributed by atoms with Gasteiger partial charge in [-0.25, -0.2) is 0 Å². The molecule has 1 heterocycles. The lowest BCUT2D eigenvalue weighted by atomic mass is 10.2. The molecule has 1 aromatic heterocycles. The molecule has 1 aromatic rings. The van der Waals surface area contributed by atoms with Crippen molar-refractivity contribution >= 4 is 0 Å². The van der Waals surface area contributed by atoms with Gasteiger partial charge in [-0.1, -0.05) is 0 Å². The zero-order chi connectivity index (χ0) is 12.3. The summed E-state index contributed by atoms with van der Waals surface area (Å²) >= 11 is 0. The van der Waals surface area contributed by atoms with Gasteiger partial charge in [0.25, 0.3) is 0 Å². The molecule has 0 saturated heterocycles. The van der Waals surface area contributed by atoms with E-state index < -0.39 is 0 Å². The Balaban J connectivity index is 3.32. The lowest BCUT2D eigenvalue weighted by Crippen LogP contribution is -2.22. The summed E-state index contributed by atoms with van der Waals surface area (Å²) in [6.07, 6.45) is 0. The van der Waals surface area contributed by atoms with Crippen LogP contribution in [-0.4, -0.2) is 40.4 Å². The molecule has 0 bridgehead atoms. The van der Waals surface area contributed by atoms with Crippen molar-refractivity contribution in [2.24, 2.45) is 0 Å². The van der Waals surface area contributed by atoms with Crippen LogP contribution in [0.25, 0.3) is 0 Å². The molecule has 0 aliphatic heterocycles. The van der Waals surface area contributed by atoms with Crippen LogP contribution in [0.5, 0.6) is 5.75 Å². The number of hydrogen-bond acceptors (Lipinski definition) is 4. The number of aromatic hydroxyl groups is 1. The van der Waals surface area contributed by atoms with Crippen molar-refractivity contribution in [2.45, 2.75) is 20.0 Å². The van der Waals surface area contributed by atoms with Crippen molar-refractivity contribution in [1.29, 1.82) is 0 Å². The van der Waals surface area contributed by atoms with E-state index in [2.05, 4.69) is 0 Å². The number of aryl methyl sites for hydroxylation is 1. The minimum Gasteiger partial charge on any atom is -0.503 e. The zero-order valence-corrected chi connectivity index (χ0v) is 9.90. The minimum atomic E-state index is -0.372. The predicted molar refractivity (Wildman–Crippen MR) is 61.6 cm³/mol. The molecule has 5 heteroatoms. The highest BCUT2D eigenvalue weighted by molar-refractivity contribution is 5.29. The number of aromatic nitrogens is 1. The molecule has 0 atom stereocenters. The summed E-state index contributed by atoms with van der Waals surface area (Å²) in [6.45, 7) is 2.60. The number of nitrogens with zero attached hydrogens (tertiary/aromatic N) is 2. The van der Waals surface area contributed by atoms with Crippen molar-refractivity contribution in [3.05, 3.63) is 27.7 Å². The summed E-state index contributed by atoms with van der Waals surface area (Å²) in [5.74, 6) is -0.229. The predicted octanol–water partition coefficient (Wildman–Crippen LogP) is -0.0838. The molecule has 1 rings (SSSR count). The third-order valence-electron chi connectivity index (χ3n) is 2.39. The second-order valence-electron chi connectivity index (χ2n) is 4.06. The first-order valence-electron chi connectivity index (χ1n) is 5.15. The van der Waals surface area contributed by atoms with E-state index in [9.17, 15) is 9.90 Å². The Bertz CT molecular complexity index is 424. The highest BCUT2D eigenvalue weighted by atomic mass is 16.3. The fourth-order valence-corrected chi connectivity index (χ4v) is 1.69. The normalized spacial score (nSPS) is 11.1. The summed E-state index contributed by atoms with van der Waals surface area (Å²) in [5.41, 5.74) is 0.918. The summed E-state index contributed by atoms with van der Waals surface area (Å²) < 4.78 is 1.76. The fraction of sp³-hybridized carbons (Fsp3) is 0.545. The van der Waals surface area contributed by atoms with E-state index in [0.29, 0.717) is 18.8 Å². The van der Waals surface area contributed by atoms with Crippen LogP contribution in [0, 0.1) is 6.92 Å². The lowest BCUT2D eigenvalue weighted by molar-refractivity contribution is 0.266. The number of aliphatic hydroxyl groups is 1. The Morgan fingerprint density at radius 1 is 1.44 bits per heavy atom. The molecular weight excluding hydrogens is 208 g/mol. The molecule has 0 aromatic carbocycles. The Hall–Kier alpha value is -1.33. The van der Waals surface area contributed by atoms with Crippen LogP contribution in [0.4, 0.5) is 0 Å². The first-order valence-corrected chi connectivity index (χ1v) is 5.15. The van der Waals surface area contributed by atoms with Crippen LogP contribution >= 0.6 is 0 Å². The van der Waals surface area contributed by atoms with E-state index in [1.807, 2.05) is 19.0 Å². The van der Waals surface area contributed by atoms with Gasteiger partial charge in [0.05, 0.1) is 12.3 Å². The topological polar surface area (TPSA) is 65.7 Å². The van der Waals surface area contributed by atoms with Gasteiger partial charge in [-0.3, -0.25) is 4.79 Å².